The molecule has 25 heavy (non-hydrogen) atoms. The number of methoxy groups -OCH3 is 2. The molecule has 6 nitrogen and oxygen atoms in total. The van der Waals surface area contributed by atoms with Crippen LogP contribution < -0.4 is 9.47 Å². The number of hydrogen-bond donors (Lipinski definition) is 1. The van der Waals surface area contributed by atoms with Crippen molar-refractivity contribution in [2.45, 2.75) is 13.0 Å². The zero-order valence-corrected chi connectivity index (χ0v) is 14.5. The number of hydrogen-bond acceptors (Lipinski definition) is 5. The molecule has 0 atom stereocenters. The SMILES string of the molecule is COc1ccc(CN(C)C(=O)C2=C(C=O)C(O)=CC=CC2)c(OC)c1. The smallest absolute Gasteiger partial charge is 0.251 e. The zero-order chi connectivity index (χ0) is 18.4. The van der Waals surface area contributed by atoms with Crippen LogP contribution in [-0.4, -0.2) is 43.5 Å². The molecule has 0 heterocycles. The predicted molar refractivity (Wildman–Crippen MR) is 93.6 cm³/mol. The van der Waals surface area contributed by atoms with Crippen LogP contribution in [0.25, 0.3) is 0 Å². The van der Waals surface area contributed by atoms with Crippen LogP contribution >= 0.6 is 0 Å². The number of aliphatic hydroxyl groups is 1. The van der Waals surface area contributed by atoms with Gasteiger partial charge in [-0.1, -0.05) is 12.2 Å². The topological polar surface area (TPSA) is 76.1 Å². The third kappa shape index (κ3) is 4.09. The molecule has 1 aromatic carbocycles. The van der Waals surface area contributed by atoms with Crippen molar-refractivity contribution in [3.8, 4) is 11.5 Å². The van der Waals surface area contributed by atoms with Gasteiger partial charge in [-0.2, -0.15) is 0 Å². The van der Waals surface area contributed by atoms with Crippen molar-refractivity contribution in [1.82, 2.24) is 4.90 Å². The Morgan fingerprint density at radius 3 is 2.72 bits per heavy atom. The number of likely N-dealkylation sites (N-methyl/N-ethyl adjacent to an activating group) is 1. The number of allylic oxidation sites excluding steroid dienone is 4. The van der Waals surface area contributed by atoms with E-state index < -0.39 is 0 Å². The van der Waals surface area contributed by atoms with Gasteiger partial charge < -0.3 is 19.5 Å². The van der Waals surface area contributed by atoms with Crippen molar-refractivity contribution in [1.29, 1.82) is 0 Å². The fourth-order valence-corrected chi connectivity index (χ4v) is 2.57. The van der Waals surface area contributed by atoms with E-state index in [9.17, 15) is 14.7 Å². The molecule has 1 aromatic rings. The zero-order valence-electron chi connectivity index (χ0n) is 14.5. The summed E-state index contributed by atoms with van der Waals surface area (Å²) in [5.41, 5.74) is 1.08. The van der Waals surface area contributed by atoms with E-state index in [1.54, 1.807) is 45.6 Å². The van der Waals surface area contributed by atoms with Gasteiger partial charge in [0.25, 0.3) is 5.91 Å². The van der Waals surface area contributed by atoms with Crippen LogP contribution in [0.1, 0.15) is 12.0 Å². The minimum atomic E-state index is -0.327. The summed E-state index contributed by atoms with van der Waals surface area (Å²) in [5.74, 6) is 0.727. The molecule has 0 bridgehead atoms. The maximum absolute atomic E-state index is 12.8. The second kappa shape index (κ2) is 8.19. The van der Waals surface area contributed by atoms with Crippen LogP contribution in [0, 0.1) is 0 Å². The van der Waals surface area contributed by atoms with Gasteiger partial charge in [0, 0.05) is 30.8 Å². The Hall–Kier alpha value is -3.02. The fraction of sp³-hybridized carbons (Fsp3) is 0.263. The lowest BCUT2D eigenvalue weighted by atomic mass is 10.0. The first-order valence-electron chi connectivity index (χ1n) is 7.72. The monoisotopic (exact) mass is 343 g/mol. The second-order valence-electron chi connectivity index (χ2n) is 5.53. The number of amides is 1. The Morgan fingerprint density at radius 2 is 2.08 bits per heavy atom. The molecule has 0 unspecified atom stereocenters. The van der Waals surface area contributed by atoms with Gasteiger partial charge in [-0.05, 0) is 24.6 Å². The third-order valence-electron chi connectivity index (χ3n) is 3.94. The van der Waals surface area contributed by atoms with Gasteiger partial charge in [0.15, 0.2) is 6.29 Å². The number of aliphatic hydroxyl groups excluding tert-OH is 1. The summed E-state index contributed by atoms with van der Waals surface area (Å²) in [6, 6.07) is 5.35. The molecule has 0 spiro atoms. The molecule has 0 fully saturated rings. The van der Waals surface area contributed by atoms with E-state index in [1.807, 2.05) is 6.07 Å². The number of carbonyl (C=O) groups excluding carboxylic acids is 2. The van der Waals surface area contributed by atoms with Crippen LogP contribution in [0.5, 0.6) is 11.5 Å². The molecule has 0 radical (unpaired) electrons. The van der Waals surface area contributed by atoms with Crippen molar-refractivity contribution in [2.75, 3.05) is 21.3 Å². The highest BCUT2D eigenvalue weighted by molar-refractivity contribution is 6.01. The molecule has 0 aromatic heterocycles. The maximum Gasteiger partial charge on any atom is 0.251 e. The summed E-state index contributed by atoms with van der Waals surface area (Å²) in [6.45, 7) is 0.288. The van der Waals surface area contributed by atoms with E-state index in [2.05, 4.69) is 0 Å². The molecule has 0 saturated heterocycles. The Labute approximate surface area is 146 Å². The standard InChI is InChI=1S/C19H21NO5/c1-20(11-13-8-9-14(24-2)10-18(13)25-3)19(23)15-6-4-5-7-17(22)16(15)12-21/h4-5,7-10,12,22H,6,11H2,1-3H3. The lowest BCUT2D eigenvalue weighted by Crippen LogP contribution is -2.29. The Kier molecular flexibility index (Phi) is 6.00. The highest BCUT2D eigenvalue weighted by atomic mass is 16.5. The summed E-state index contributed by atoms with van der Waals surface area (Å²) in [4.78, 5) is 25.5. The fourth-order valence-electron chi connectivity index (χ4n) is 2.57. The van der Waals surface area contributed by atoms with E-state index in [0.29, 0.717) is 17.8 Å². The van der Waals surface area contributed by atoms with Gasteiger partial charge in [-0.15, -0.1) is 0 Å². The van der Waals surface area contributed by atoms with Crippen molar-refractivity contribution in [3.05, 3.63) is 58.9 Å². The van der Waals surface area contributed by atoms with Crippen LogP contribution in [0.4, 0.5) is 0 Å². The van der Waals surface area contributed by atoms with E-state index in [0.717, 1.165) is 5.56 Å². The van der Waals surface area contributed by atoms with Crippen molar-refractivity contribution < 1.29 is 24.2 Å². The first-order chi connectivity index (χ1) is 12.0. The van der Waals surface area contributed by atoms with Gasteiger partial charge in [-0.25, -0.2) is 0 Å². The number of carbonyl (C=O) groups is 2. The molecule has 1 N–H and O–H groups in total. The van der Waals surface area contributed by atoms with E-state index >= 15 is 0 Å². The molecule has 2 rings (SSSR count). The van der Waals surface area contributed by atoms with Gasteiger partial charge in [0.1, 0.15) is 17.3 Å². The molecular formula is C19H21NO5. The normalized spacial score (nSPS) is 13.8. The first-order valence-corrected chi connectivity index (χ1v) is 7.72. The molecule has 0 saturated carbocycles. The first kappa shape index (κ1) is 18.3. The number of benzene rings is 1. The molecule has 1 aliphatic carbocycles. The van der Waals surface area contributed by atoms with Crippen LogP contribution in [0.2, 0.25) is 0 Å². The Bertz CT molecular complexity index is 761. The van der Waals surface area contributed by atoms with E-state index in [4.69, 9.17) is 9.47 Å². The number of ether oxygens (including phenoxy) is 2. The predicted octanol–water partition coefficient (Wildman–Crippen LogP) is 2.56. The average molecular weight is 343 g/mol. The molecule has 132 valence electrons. The summed E-state index contributed by atoms with van der Waals surface area (Å²) in [7, 11) is 4.75. The molecule has 1 amide bonds. The van der Waals surface area contributed by atoms with Gasteiger partial charge in [0.05, 0.1) is 19.8 Å². The van der Waals surface area contributed by atoms with Crippen LogP contribution in [-0.2, 0) is 16.1 Å². The Balaban J connectivity index is 2.27. The summed E-state index contributed by atoms with van der Waals surface area (Å²) < 4.78 is 10.5. The quantitative estimate of drug-likeness (QED) is 0.804. The molecule has 0 aliphatic heterocycles. The maximum atomic E-state index is 12.8. The van der Waals surface area contributed by atoms with Gasteiger partial charge >= 0.3 is 0 Å². The molecular weight excluding hydrogens is 322 g/mol. The Morgan fingerprint density at radius 1 is 1.32 bits per heavy atom. The highest BCUT2D eigenvalue weighted by Crippen LogP contribution is 2.27. The lowest BCUT2D eigenvalue weighted by molar-refractivity contribution is -0.126. The number of aldehydes is 1. The lowest BCUT2D eigenvalue weighted by Gasteiger charge is -2.21. The largest absolute Gasteiger partial charge is 0.507 e. The van der Waals surface area contributed by atoms with Crippen LogP contribution in [0.15, 0.2) is 53.3 Å². The van der Waals surface area contributed by atoms with E-state index in [-0.39, 0.29) is 35.8 Å². The highest BCUT2D eigenvalue weighted by Gasteiger charge is 2.22. The van der Waals surface area contributed by atoms with Crippen molar-refractivity contribution in [3.63, 3.8) is 0 Å². The van der Waals surface area contributed by atoms with Gasteiger partial charge in [0.2, 0.25) is 0 Å². The van der Waals surface area contributed by atoms with Crippen molar-refractivity contribution in [2.24, 2.45) is 0 Å². The number of nitrogens with zero attached hydrogens (tertiary/aromatic N) is 1. The summed E-state index contributed by atoms with van der Waals surface area (Å²) in [5, 5.41) is 9.90. The van der Waals surface area contributed by atoms with E-state index in [1.165, 1.54) is 11.0 Å². The van der Waals surface area contributed by atoms with Gasteiger partial charge in [-0.3, -0.25) is 9.59 Å². The minimum Gasteiger partial charge on any atom is -0.507 e. The average Bonchev–Trinajstić information content (AvgIpc) is 2.82. The summed E-state index contributed by atoms with van der Waals surface area (Å²) in [6.07, 6.45) is 5.52. The number of rotatable bonds is 6. The third-order valence-corrected chi connectivity index (χ3v) is 3.94. The second-order valence-corrected chi connectivity index (χ2v) is 5.53. The van der Waals surface area contributed by atoms with Crippen LogP contribution in [0.3, 0.4) is 0 Å². The van der Waals surface area contributed by atoms with Crippen molar-refractivity contribution >= 4 is 12.2 Å². The molecule has 6 heteroatoms. The molecule has 1 aliphatic rings. The minimum absolute atomic E-state index is 0.0172. The summed E-state index contributed by atoms with van der Waals surface area (Å²) >= 11 is 0.